The average molecular weight is 225 g/mol. The molecule has 0 aliphatic heterocycles. The number of methoxy groups -OCH3 is 1. The lowest BCUT2D eigenvalue weighted by atomic mass is 10.3. The number of thioether (sulfide) groups is 1. The number of esters is 1. The third-order valence-corrected chi connectivity index (χ3v) is 2.84. The molecular weight excluding hydrogens is 214 g/mol. The zero-order valence-electron chi connectivity index (χ0n) is 8.47. The van der Waals surface area contributed by atoms with Crippen molar-refractivity contribution in [1.29, 1.82) is 0 Å². The van der Waals surface area contributed by atoms with Crippen LogP contribution in [0.15, 0.2) is 34.3 Å². The standard InChI is InChI=1S/C10H11NO3S/c1-7(10(12)14-2)15-9-5-3-4-8(6-9)11-13/h3-7H,1-2H3. The van der Waals surface area contributed by atoms with E-state index in [-0.39, 0.29) is 11.2 Å². The van der Waals surface area contributed by atoms with E-state index in [1.54, 1.807) is 25.1 Å². The van der Waals surface area contributed by atoms with Crippen molar-refractivity contribution in [2.24, 2.45) is 5.18 Å². The van der Waals surface area contributed by atoms with Crippen LogP contribution in [0.1, 0.15) is 6.92 Å². The molecular formula is C10H11NO3S. The highest BCUT2D eigenvalue weighted by Gasteiger charge is 2.14. The van der Waals surface area contributed by atoms with Crippen LogP contribution in [0.5, 0.6) is 0 Å². The Morgan fingerprint density at radius 3 is 2.87 bits per heavy atom. The lowest BCUT2D eigenvalue weighted by Gasteiger charge is -2.08. The molecule has 1 atom stereocenters. The van der Waals surface area contributed by atoms with E-state index >= 15 is 0 Å². The summed E-state index contributed by atoms with van der Waals surface area (Å²) in [7, 11) is 1.35. The molecule has 1 unspecified atom stereocenters. The van der Waals surface area contributed by atoms with Crippen molar-refractivity contribution >= 4 is 23.4 Å². The first-order valence-electron chi connectivity index (χ1n) is 4.35. The summed E-state index contributed by atoms with van der Waals surface area (Å²) >= 11 is 1.33. The second kappa shape index (κ2) is 5.50. The number of nitroso groups, excluding NO2 is 1. The molecule has 0 heterocycles. The van der Waals surface area contributed by atoms with E-state index in [0.717, 1.165) is 4.90 Å². The summed E-state index contributed by atoms with van der Waals surface area (Å²) < 4.78 is 4.60. The largest absolute Gasteiger partial charge is 0.468 e. The number of carbonyl (C=O) groups excluding carboxylic acids is 1. The van der Waals surface area contributed by atoms with Crippen LogP contribution in [-0.2, 0) is 9.53 Å². The molecule has 0 saturated carbocycles. The third kappa shape index (κ3) is 3.36. The van der Waals surface area contributed by atoms with Gasteiger partial charge < -0.3 is 4.74 Å². The van der Waals surface area contributed by atoms with Crippen molar-refractivity contribution in [3.63, 3.8) is 0 Å². The van der Waals surface area contributed by atoms with Gasteiger partial charge in [-0.3, -0.25) is 4.79 Å². The van der Waals surface area contributed by atoms with Crippen LogP contribution in [0.4, 0.5) is 5.69 Å². The first kappa shape index (κ1) is 11.7. The first-order valence-corrected chi connectivity index (χ1v) is 5.23. The van der Waals surface area contributed by atoms with Crippen LogP contribution in [0, 0.1) is 4.91 Å². The summed E-state index contributed by atoms with van der Waals surface area (Å²) in [6.07, 6.45) is 0. The van der Waals surface area contributed by atoms with Gasteiger partial charge >= 0.3 is 5.97 Å². The summed E-state index contributed by atoms with van der Waals surface area (Å²) in [6, 6.07) is 6.79. The Kier molecular flexibility index (Phi) is 4.30. The van der Waals surface area contributed by atoms with E-state index in [4.69, 9.17) is 0 Å². The van der Waals surface area contributed by atoms with Gasteiger partial charge in [0.1, 0.15) is 10.9 Å². The number of benzene rings is 1. The minimum absolute atomic E-state index is 0.288. The number of rotatable bonds is 4. The summed E-state index contributed by atoms with van der Waals surface area (Å²) in [5.74, 6) is -0.288. The predicted molar refractivity (Wildman–Crippen MR) is 59.2 cm³/mol. The highest BCUT2D eigenvalue weighted by atomic mass is 32.2. The summed E-state index contributed by atoms with van der Waals surface area (Å²) in [6.45, 7) is 1.75. The van der Waals surface area contributed by atoms with Gasteiger partial charge in [0.05, 0.1) is 7.11 Å². The number of hydrogen-bond acceptors (Lipinski definition) is 5. The monoisotopic (exact) mass is 225 g/mol. The van der Waals surface area contributed by atoms with Crippen LogP contribution >= 0.6 is 11.8 Å². The fraction of sp³-hybridized carbons (Fsp3) is 0.300. The van der Waals surface area contributed by atoms with E-state index < -0.39 is 0 Å². The smallest absolute Gasteiger partial charge is 0.318 e. The lowest BCUT2D eigenvalue weighted by molar-refractivity contribution is -0.139. The number of ether oxygens (including phenoxy) is 1. The molecule has 0 fully saturated rings. The third-order valence-electron chi connectivity index (χ3n) is 1.77. The number of nitrogens with zero attached hydrogens (tertiary/aromatic N) is 1. The van der Waals surface area contributed by atoms with Crippen LogP contribution < -0.4 is 0 Å². The molecule has 1 rings (SSSR count). The fourth-order valence-electron chi connectivity index (χ4n) is 1.03. The maximum absolute atomic E-state index is 11.1. The Bertz CT molecular complexity index is 367. The fourth-order valence-corrected chi connectivity index (χ4v) is 1.98. The number of carbonyl (C=O) groups is 1. The van der Waals surface area contributed by atoms with E-state index in [0.29, 0.717) is 5.69 Å². The molecule has 0 bridgehead atoms. The van der Waals surface area contributed by atoms with Crippen LogP contribution in [0.3, 0.4) is 0 Å². The lowest BCUT2D eigenvalue weighted by Crippen LogP contribution is -2.14. The first-order chi connectivity index (χ1) is 7.17. The predicted octanol–water partition coefficient (Wildman–Crippen LogP) is 2.74. The Balaban J connectivity index is 2.71. The molecule has 0 spiro atoms. The van der Waals surface area contributed by atoms with Crippen molar-refractivity contribution in [1.82, 2.24) is 0 Å². The van der Waals surface area contributed by atoms with Gasteiger partial charge in [-0.15, -0.1) is 16.7 Å². The molecule has 0 aliphatic rings. The van der Waals surface area contributed by atoms with Crippen molar-refractivity contribution in [3.05, 3.63) is 29.2 Å². The zero-order chi connectivity index (χ0) is 11.3. The van der Waals surface area contributed by atoms with Gasteiger partial charge in [0.25, 0.3) is 0 Å². The maximum Gasteiger partial charge on any atom is 0.318 e. The van der Waals surface area contributed by atoms with E-state index in [2.05, 4.69) is 9.91 Å². The minimum atomic E-state index is -0.295. The summed E-state index contributed by atoms with van der Waals surface area (Å²) in [4.78, 5) is 22.3. The molecule has 1 aromatic rings. The molecule has 0 aromatic heterocycles. The Morgan fingerprint density at radius 1 is 1.53 bits per heavy atom. The second-order valence-corrected chi connectivity index (χ2v) is 4.29. The molecule has 0 N–H and O–H groups in total. The topological polar surface area (TPSA) is 55.7 Å². The average Bonchev–Trinajstić information content (AvgIpc) is 2.28. The number of hydrogen-bond donors (Lipinski definition) is 0. The van der Waals surface area contributed by atoms with Crippen molar-refractivity contribution < 1.29 is 9.53 Å². The zero-order valence-corrected chi connectivity index (χ0v) is 9.28. The second-order valence-electron chi connectivity index (χ2n) is 2.87. The molecule has 0 amide bonds. The van der Waals surface area contributed by atoms with Crippen LogP contribution in [0.2, 0.25) is 0 Å². The molecule has 5 heteroatoms. The van der Waals surface area contributed by atoms with Gasteiger partial charge in [0.2, 0.25) is 0 Å². The molecule has 4 nitrogen and oxygen atoms in total. The van der Waals surface area contributed by atoms with E-state index in [1.165, 1.54) is 18.9 Å². The van der Waals surface area contributed by atoms with Crippen molar-refractivity contribution in [3.8, 4) is 0 Å². The summed E-state index contributed by atoms with van der Waals surface area (Å²) in [5, 5.41) is 2.53. The van der Waals surface area contributed by atoms with Gasteiger partial charge in [-0.1, -0.05) is 6.07 Å². The normalized spacial score (nSPS) is 11.9. The molecule has 0 radical (unpaired) electrons. The van der Waals surface area contributed by atoms with Crippen LogP contribution in [0.25, 0.3) is 0 Å². The Morgan fingerprint density at radius 2 is 2.27 bits per heavy atom. The van der Waals surface area contributed by atoms with Gasteiger partial charge in [-0.05, 0) is 30.3 Å². The molecule has 0 aliphatic carbocycles. The van der Waals surface area contributed by atoms with E-state index in [1.807, 2.05) is 6.07 Å². The molecule has 15 heavy (non-hydrogen) atoms. The summed E-state index contributed by atoms with van der Waals surface area (Å²) in [5.41, 5.74) is 0.358. The maximum atomic E-state index is 11.1. The molecule has 1 aromatic carbocycles. The van der Waals surface area contributed by atoms with Gasteiger partial charge in [-0.2, -0.15) is 0 Å². The van der Waals surface area contributed by atoms with Gasteiger partial charge in [0, 0.05) is 4.90 Å². The van der Waals surface area contributed by atoms with Gasteiger partial charge in [-0.25, -0.2) is 0 Å². The highest BCUT2D eigenvalue weighted by Crippen LogP contribution is 2.27. The minimum Gasteiger partial charge on any atom is -0.468 e. The van der Waals surface area contributed by atoms with Crippen molar-refractivity contribution in [2.45, 2.75) is 17.1 Å². The Hall–Kier alpha value is -1.36. The SMILES string of the molecule is COC(=O)C(C)Sc1cccc(N=O)c1. The highest BCUT2D eigenvalue weighted by molar-refractivity contribution is 8.00. The Labute approximate surface area is 92.0 Å². The molecule has 80 valence electrons. The molecule has 0 saturated heterocycles. The van der Waals surface area contributed by atoms with Crippen molar-refractivity contribution in [2.75, 3.05) is 7.11 Å². The van der Waals surface area contributed by atoms with E-state index in [9.17, 15) is 9.70 Å². The quantitative estimate of drug-likeness (QED) is 0.449. The van der Waals surface area contributed by atoms with Crippen LogP contribution in [-0.4, -0.2) is 18.3 Å². The van der Waals surface area contributed by atoms with Gasteiger partial charge in [0.15, 0.2) is 0 Å².